The fourth-order valence-corrected chi connectivity index (χ4v) is 3.53. The number of carbonyl (C=O) groups excluding carboxylic acids is 2. The van der Waals surface area contributed by atoms with Crippen LogP contribution in [-0.2, 0) is 4.79 Å². The van der Waals surface area contributed by atoms with Crippen LogP contribution in [0.3, 0.4) is 0 Å². The first-order chi connectivity index (χ1) is 11.1. The van der Waals surface area contributed by atoms with Crippen molar-refractivity contribution in [1.29, 1.82) is 0 Å². The number of hydrogen-bond acceptors (Lipinski definition) is 5. The molecule has 122 valence electrons. The van der Waals surface area contributed by atoms with Crippen LogP contribution in [0.2, 0.25) is 0 Å². The van der Waals surface area contributed by atoms with Gasteiger partial charge in [-0.2, -0.15) is 0 Å². The monoisotopic (exact) mass is 315 g/mol. The Morgan fingerprint density at radius 2 is 1.78 bits per heavy atom. The van der Waals surface area contributed by atoms with E-state index >= 15 is 0 Å². The van der Waals surface area contributed by atoms with Gasteiger partial charge in [-0.15, -0.1) is 0 Å². The summed E-state index contributed by atoms with van der Waals surface area (Å²) in [6, 6.07) is 2.24. The highest BCUT2D eigenvalue weighted by Crippen LogP contribution is 2.32. The average Bonchev–Trinajstić information content (AvgIpc) is 3.33. The largest absolute Gasteiger partial charge is 0.356 e. The fraction of sp³-hybridized carbons (Fsp3) is 0.625. The fourth-order valence-electron chi connectivity index (χ4n) is 3.53. The zero-order valence-electron chi connectivity index (χ0n) is 13.3. The first kappa shape index (κ1) is 14.4. The van der Waals surface area contributed by atoms with Gasteiger partial charge in [0.25, 0.3) is 5.91 Å². The topological polar surface area (TPSA) is 69.6 Å². The van der Waals surface area contributed by atoms with Crippen molar-refractivity contribution in [3.8, 4) is 0 Å². The minimum Gasteiger partial charge on any atom is -0.356 e. The van der Waals surface area contributed by atoms with Crippen LogP contribution >= 0.6 is 0 Å². The molecule has 0 unspecified atom stereocenters. The minimum absolute atomic E-state index is 0.0219. The molecule has 3 aliphatic rings. The predicted octanol–water partition coefficient (Wildman–Crippen LogP) is 1.18. The summed E-state index contributed by atoms with van der Waals surface area (Å²) in [5, 5.41) is 0. The standard InChI is InChI=1S/C16H21N5O2/c1-11-8-14(18-10-17-11)19-6-4-12(5-7-19)20-9-15(22)21(16(20)23)13-2-3-13/h8,10,12-13H,2-7,9H2,1H3. The van der Waals surface area contributed by atoms with Gasteiger partial charge in [-0.05, 0) is 32.6 Å². The van der Waals surface area contributed by atoms with Crippen molar-refractivity contribution in [2.24, 2.45) is 0 Å². The van der Waals surface area contributed by atoms with Crippen molar-refractivity contribution in [3.05, 3.63) is 18.1 Å². The van der Waals surface area contributed by atoms with Gasteiger partial charge in [0.2, 0.25) is 0 Å². The van der Waals surface area contributed by atoms with Crippen molar-refractivity contribution < 1.29 is 9.59 Å². The summed E-state index contributed by atoms with van der Waals surface area (Å²) < 4.78 is 0. The third-order valence-corrected chi connectivity index (χ3v) is 4.96. The van der Waals surface area contributed by atoms with Gasteiger partial charge >= 0.3 is 6.03 Å². The number of carbonyl (C=O) groups is 2. The highest BCUT2D eigenvalue weighted by atomic mass is 16.2. The van der Waals surface area contributed by atoms with Crippen LogP contribution in [0.1, 0.15) is 31.4 Å². The summed E-state index contributed by atoms with van der Waals surface area (Å²) >= 11 is 0. The number of urea groups is 1. The normalized spacial score (nSPS) is 23.1. The molecule has 1 aromatic heterocycles. The Bertz CT molecular complexity index is 637. The van der Waals surface area contributed by atoms with Gasteiger partial charge in [0.05, 0.1) is 0 Å². The molecule has 0 aromatic carbocycles. The second kappa shape index (κ2) is 5.47. The molecule has 0 bridgehead atoms. The molecule has 0 atom stereocenters. The molecule has 2 aliphatic heterocycles. The Hall–Kier alpha value is -2.18. The van der Waals surface area contributed by atoms with Gasteiger partial charge in [-0.3, -0.25) is 9.69 Å². The van der Waals surface area contributed by atoms with Crippen LogP contribution in [0.15, 0.2) is 12.4 Å². The van der Waals surface area contributed by atoms with Crippen molar-refractivity contribution in [1.82, 2.24) is 19.8 Å². The summed E-state index contributed by atoms with van der Waals surface area (Å²) in [5.41, 5.74) is 0.956. The number of rotatable bonds is 3. The summed E-state index contributed by atoms with van der Waals surface area (Å²) in [4.78, 5) is 38.5. The first-order valence-corrected chi connectivity index (χ1v) is 8.30. The maximum atomic E-state index is 12.5. The summed E-state index contributed by atoms with van der Waals surface area (Å²) in [6.07, 6.45) is 5.28. The van der Waals surface area contributed by atoms with Crippen LogP contribution in [0, 0.1) is 6.92 Å². The number of piperidine rings is 1. The smallest absolute Gasteiger partial charge is 0.327 e. The number of hydrogen-bond donors (Lipinski definition) is 0. The van der Waals surface area contributed by atoms with E-state index in [2.05, 4.69) is 14.9 Å². The highest BCUT2D eigenvalue weighted by Gasteiger charge is 2.47. The maximum Gasteiger partial charge on any atom is 0.327 e. The molecule has 7 nitrogen and oxygen atoms in total. The quantitative estimate of drug-likeness (QED) is 0.784. The van der Waals surface area contributed by atoms with Crippen LogP contribution in [0.5, 0.6) is 0 Å². The number of aromatic nitrogens is 2. The molecule has 0 radical (unpaired) electrons. The zero-order chi connectivity index (χ0) is 16.0. The number of nitrogens with zero attached hydrogens (tertiary/aromatic N) is 5. The van der Waals surface area contributed by atoms with Crippen molar-refractivity contribution in [2.45, 2.75) is 44.7 Å². The summed E-state index contributed by atoms with van der Waals surface area (Å²) in [6.45, 7) is 3.91. The molecule has 1 aromatic rings. The van der Waals surface area contributed by atoms with Gasteiger partial charge in [0, 0.05) is 36.9 Å². The van der Waals surface area contributed by atoms with E-state index in [0.29, 0.717) is 0 Å². The van der Waals surface area contributed by atoms with Gasteiger partial charge in [-0.1, -0.05) is 0 Å². The Kier molecular flexibility index (Phi) is 3.43. The Morgan fingerprint density at radius 1 is 1.04 bits per heavy atom. The Balaban J connectivity index is 1.40. The van der Waals surface area contributed by atoms with E-state index in [1.807, 2.05) is 13.0 Å². The molecular formula is C16H21N5O2. The lowest BCUT2D eigenvalue weighted by Gasteiger charge is -2.36. The van der Waals surface area contributed by atoms with E-state index in [1.165, 1.54) is 4.90 Å². The van der Waals surface area contributed by atoms with E-state index in [1.54, 1.807) is 11.2 Å². The number of aryl methyl sites for hydroxylation is 1. The van der Waals surface area contributed by atoms with Gasteiger partial charge < -0.3 is 9.80 Å². The minimum atomic E-state index is -0.0752. The molecule has 3 amide bonds. The van der Waals surface area contributed by atoms with E-state index in [-0.39, 0.29) is 30.6 Å². The third kappa shape index (κ3) is 2.64. The maximum absolute atomic E-state index is 12.5. The van der Waals surface area contributed by atoms with E-state index in [4.69, 9.17) is 0 Å². The Labute approximate surface area is 135 Å². The lowest BCUT2D eigenvalue weighted by atomic mass is 10.0. The van der Waals surface area contributed by atoms with Crippen LogP contribution in [0.25, 0.3) is 0 Å². The van der Waals surface area contributed by atoms with E-state index < -0.39 is 0 Å². The van der Waals surface area contributed by atoms with Crippen molar-refractivity contribution in [2.75, 3.05) is 24.5 Å². The molecule has 4 rings (SSSR count). The molecule has 3 heterocycles. The van der Waals surface area contributed by atoms with Crippen LogP contribution in [0.4, 0.5) is 10.6 Å². The predicted molar refractivity (Wildman–Crippen MR) is 84.0 cm³/mol. The van der Waals surface area contributed by atoms with Crippen molar-refractivity contribution in [3.63, 3.8) is 0 Å². The molecule has 1 aliphatic carbocycles. The SMILES string of the molecule is Cc1cc(N2CCC(N3CC(=O)N(C4CC4)C3=O)CC2)ncn1. The van der Waals surface area contributed by atoms with Crippen molar-refractivity contribution >= 4 is 17.8 Å². The third-order valence-electron chi connectivity index (χ3n) is 4.96. The first-order valence-electron chi connectivity index (χ1n) is 8.30. The number of anilines is 1. The molecule has 2 saturated heterocycles. The highest BCUT2D eigenvalue weighted by molar-refractivity contribution is 6.02. The summed E-state index contributed by atoms with van der Waals surface area (Å²) in [7, 11) is 0. The molecule has 0 spiro atoms. The number of amides is 3. The van der Waals surface area contributed by atoms with Gasteiger partial charge in [0.15, 0.2) is 0 Å². The molecule has 1 saturated carbocycles. The second-order valence-electron chi connectivity index (χ2n) is 6.64. The van der Waals surface area contributed by atoms with Crippen LogP contribution < -0.4 is 4.90 Å². The molecular weight excluding hydrogens is 294 g/mol. The lowest BCUT2D eigenvalue weighted by Crippen LogP contribution is -2.47. The Morgan fingerprint density at radius 3 is 2.43 bits per heavy atom. The lowest BCUT2D eigenvalue weighted by molar-refractivity contribution is -0.125. The second-order valence-corrected chi connectivity index (χ2v) is 6.64. The average molecular weight is 315 g/mol. The molecule has 23 heavy (non-hydrogen) atoms. The zero-order valence-corrected chi connectivity index (χ0v) is 13.3. The van der Waals surface area contributed by atoms with E-state index in [0.717, 1.165) is 50.3 Å². The van der Waals surface area contributed by atoms with Gasteiger partial charge in [-0.25, -0.2) is 14.8 Å². The summed E-state index contributed by atoms with van der Waals surface area (Å²) in [5.74, 6) is 0.922. The molecule has 7 heteroatoms. The molecule has 3 fully saturated rings. The molecule has 0 N–H and O–H groups in total. The number of imide groups is 1. The van der Waals surface area contributed by atoms with Gasteiger partial charge in [0.1, 0.15) is 18.7 Å². The van der Waals surface area contributed by atoms with Crippen LogP contribution in [-0.4, -0.2) is 63.4 Å². The van der Waals surface area contributed by atoms with E-state index in [9.17, 15) is 9.59 Å².